The summed E-state index contributed by atoms with van der Waals surface area (Å²) >= 11 is 1.96. The number of hydrogen-bond donors (Lipinski definition) is 1. The van der Waals surface area contributed by atoms with Crippen LogP contribution in [0.3, 0.4) is 0 Å². The van der Waals surface area contributed by atoms with Gasteiger partial charge in [0.25, 0.3) is 0 Å². The summed E-state index contributed by atoms with van der Waals surface area (Å²) in [6.07, 6.45) is 7.66. The molecule has 3 atom stereocenters. The second-order valence-corrected chi connectivity index (χ2v) is 8.23. The van der Waals surface area contributed by atoms with Crippen molar-refractivity contribution in [2.75, 3.05) is 32.1 Å². The third-order valence-electron chi connectivity index (χ3n) is 5.15. The summed E-state index contributed by atoms with van der Waals surface area (Å²) in [5.41, 5.74) is 0.447. The molecule has 1 rings (SSSR count). The van der Waals surface area contributed by atoms with Crippen molar-refractivity contribution in [3.8, 4) is 0 Å². The van der Waals surface area contributed by atoms with Gasteiger partial charge in [-0.05, 0) is 63.1 Å². The molecule has 1 saturated carbocycles. The minimum Gasteiger partial charge on any atom is -0.313 e. The zero-order valence-electron chi connectivity index (χ0n) is 14.5. The summed E-state index contributed by atoms with van der Waals surface area (Å²) in [7, 11) is 2.32. The molecule has 0 bridgehead atoms. The molecule has 3 unspecified atom stereocenters. The Kier molecular flexibility index (Phi) is 7.92. The molecule has 2 nitrogen and oxygen atoms in total. The molecule has 0 spiro atoms. The van der Waals surface area contributed by atoms with Gasteiger partial charge in [0.05, 0.1) is 0 Å². The first-order valence-corrected chi connectivity index (χ1v) is 9.74. The predicted molar refractivity (Wildman–Crippen MR) is 93.7 cm³/mol. The number of hydrogen-bond acceptors (Lipinski definition) is 3. The van der Waals surface area contributed by atoms with Gasteiger partial charge in [0, 0.05) is 18.6 Å². The molecule has 0 aromatic rings. The Balaban J connectivity index is 2.58. The van der Waals surface area contributed by atoms with E-state index in [0.717, 1.165) is 12.5 Å². The molecule has 0 amide bonds. The standard InChI is InChI=1S/C17H36N2S/c1-7-18-16-15(9-8-11-17(16,3)4)13-19(5)14(2)10-12-20-6/h14-16,18H,7-13H2,1-6H3. The lowest BCUT2D eigenvalue weighted by Gasteiger charge is -2.46. The number of rotatable bonds is 8. The maximum Gasteiger partial charge on any atom is 0.0159 e. The van der Waals surface area contributed by atoms with Gasteiger partial charge in [-0.3, -0.25) is 0 Å². The summed E-state index contributed by atoms with van der Waals surface area (Å²) in [4.78, 5) is 2.59. The van der Waals surface area contributed by atoms with E-state index in [0.29, 0.717) is 17.5 Å². The van der Waals surface area contributed by atoms with Gasteiger partial charge in [0.2, 0.25) is 0 Å². The predicted octanol–water partition coefficient (Wildman–Crippen LogP) is 3.86. The van der Waals surface area contributed by atoms with Crippen molar-refractivity contribution >= 4 is 11.8 Å². The second-order valence-electron chi connectivity index (χ2n) is 7.25. The molecule has 1 fully saturated rings. The summed E-state index contributed by atoms with van der Waals surface area (Å²) in [5, 5.41) is 3.78. The average molecular weight is 301 g/mol. The lowest BCUT2D eigenvalue weighted by Crippen LogP contribution is -2.53. The van der Waals surface area contributed by atoms with E-state index in [4.69, 9.17) is 0 Å². The van der Waals surface area contributed by atoms with Crippen LogP contribution in [0, 0.1) is 11.3 Å². The topological polar surface area (TPSA) is 15.3 Å². The number of thioether (sulfide) groups is 1. The van der Waals surface area contributed by atoms with Crippen molar-refractivity contribution in [2.45, 2.75) is 65.5 Å². The molecule has 0 aromatic heterocycles. The Morgan fingerprint density at radius 2 is 2.10 bits per heavy atom. The largest absolute Gasteiger partial charge is 0.313 e. The van der Waals surface area contributed by atoms with Crippen molar-refractivity contribution in [3.63, 3.8) is 0 Å². The highest BCUT2D eigenvalue weighted by Gasteiger charge is 2.38. The SMILES string of the molecule is CCNC1C(CN(C)C(C)CCSC)CCCC1(C)C. The van der Waals surface area contributed by atoms with Gasteiger partial charge < -0.3 is 10.2 Å². The summed E-state index contributed by atoms with van der Waals surface area (Å²) in [5.74, 6) is 2.08. The van der Waals surface area contributed by atoms with E-state index < -0.39 is 0 Å². The minimum atomic E-state index is 0.447. The smallest absolute Gasteiger partial charge is 0.0159 e. The molecule has 0 saturated heterocycles. The summed E-state index contributed by atoms with van der Waals surface area (Å²) in [6.45, 7) is 11.9. The van der Waals surface area contributed by atoms with Gasteiger partial charge in [0.15, 0.2) is 0 Å². The molecule has 1 N–H and O–H groups in total. The van der Waals surface area contributed by atoms with E-state index in [1.165, 1.54) is 38.0 Å². The number of nitrogens with zero attached hydrogens (tertiary/aromatic N) is 1. The van der Waals surface area contributed by atoms with E-state index in [9.17, 15) is 0 Å². The zero-order valence-corrected chi connectivity index (χ0v) is 15.4. The molecule has 120 valence electrons. The van der Waals surface area contributed by atoms with Gasteiger partial charge >= 0.3 is 0 Å². The fourth-order valence-electron chi connectivity index (χ4n) is 3.70. The Morgan fingerprint density at radius 1 is 1.40 bits per heavy atom. The van der Waals surface area contributed by atoms with Crippen LogP contribution in [-0.4, -0.2) is 49.1 Å². The zero-order chi connectivity index (χ0) is 15.2. The van der Waals surface area contributed by atoms with Crippen LogP contribution in [0.2, 0.25) is 0 Å². The van der Waals surface area contributed by atoms with E-state index in [1.54, 1.807) is 0 Å². The van der Waals surface area contributed by atoms with E-state index in [1.807, 2.05) is 11.8 Å². The van der Waals surface area contributed by atoms with Crippen LogP contribution in [0.4, 0.5) is 0 Å². The maximum atomic E-state index is 3.78. The quantitative estimate of drug-likeness (QED) is 0.732. The van der Waals surface area contributed by atoms with Crippen molar-refractivity contribution in [1.29, 1.82) is 0 Å². The molecule has 0 radical (unpaired) electrons. The van der Waals surface area contributed by atoms with Crippen LogP contribution in [0.1, 0.15) is 53.4 Å². The first-order chi connectivity index (χ1) is 9.42. The molecule has 3 heteroatoms. The first kappa shape index (κ1) is 18.3. The molecular formula is C17H36N2S. The molecule has 0 heterocycles. The maximum absolute atomic E-state index is 3.78. The third kappa shape index (κ3) is 5.23. The Hall–Kier alpha value is 0.270. The Morgan fingerprint density at radius 3 is 2.70 bits per heavy atom. The first-order valence-electron chi connectivity index (χ1n) is 8.35. The molecule has 1 aliphatic carbocycles. The van der Waals surface area contributed by atoms with E-state index >= 15 is 0 Å². The Labute approximate surface area is 131 Å². The van der Waals surface area contributed by atoms with Crippen LogP contribution < -0.4 is 5.32 Å². The van der Waals surface area contributed by atoms with Crippen molar-refractivity contribution in [3.05, 3.63) is 0 Å². The monoisotopic (exact) mass is 300 g/mol. The fourth-order valence-corrected chi connectivity index (χ4v) is 4.28. The van der Waals surface area contributed by atoms with Crippen LogP contribution in [-0.2, 0) is 0 Å². The van der Waals surface area contributed by atoms with Gasteiger partial charge in [-0.15, -0.1) is 0 Å². The lowest BCUT2D eigenvalue weighted by molar-refractivity contribution is 0.0769. The van der Waals surface area contributed by atoms with E-state index in [-0.39, 0.29) is 0 Å². The molecule has 0 aliphatic heterocycles. The van der Waals surface area contributed by atoms with Gasteiger partial charge in [-0.25, -0.2) is 0 Å². The minimum absolute atomic E-state index is 0.447. The van der Waals surface area contributed by atoms with Crippen molar-refractivity contribution in [2.24, 2.45) is 11.3 Å². The molecule has 0 aromatic carbocycles. The van der Waals surface area contributed by atoms with Gasteiger partial charge in [-0.1, -0.05) is 27.2 Å². The highest BCUT2D eigenvalue weighted by atomic mass is 32.2. The second kappa shape index (κ2) is 8.65. The highest BCUT2D eigenvalue weighted by molar-refractivity contribution is 7.98. The van der Waals surface area contributed by atoms with Crippen LogP contribution in [0.25, 0.3) is 0 Å². The van der Waals surface area contributed by atoms with Crippen molar-refractivity contribution in [1.82, 2.24) is 10.2 Å². The van der Waals surface area contributed by atoms with Crippen molar-refractivity contribution < 1.29 is 0 Å². The highest BCUT2D eigenvalue weighted by Crippen LogP contribution is 2.39. The van der Waals surface area contributed by atoms with E-state index in [2.05, 4.69) is 51.2 Å². The number of nitrogens with one attached hydrogen (secondary N) is 1. The molecule has 20 heavy (non-hydrogen) atoms. The summed E-state index contributed by atoms with van der Waals surface area (Å²) < 4.78 is 0. The fraction of sp³-hybridized carbons (Fsp3) is 1.00. The van der Waals surface area contributed by atoms with Crippen LogP contribution in [0.5, 0.6) is 0 Å². The third-order valence-corrected chi connectivity index (χ3v) is 5.79. The normalized spacial score (nSPS) is 27.8. The molecule has 1 aliphatic rings. The van der Waals surface area contributed by atoms with Gasteiger partial charge in [-0.2, -0.15) is 11.8 Å². The van der Waals surface area contributed by atoms with Gasteiger partial charge in [0.1, 0.15) is 0 Å². The van der Waals surface area contributed by atoms with Crippen LogP contribution in [0.15, 0.2) is 0 Å². The molecular weight excluding hydrogens is 264 g/mol. The summed E-state index contributed by atoms with van der Waals surface area (Å²) in [6, 6.07) is 1.38. The van der Waals surface area contributed by atoms with Crippen LogP contribution >= 0.6 is 11.8 Å². The Bertz CT molecular complexity index is 268. The lowest BCUT2D eigenvalue weighted by atomic mass is 9.67. The average Bonchev–Trinajstić information content (AvgIpc) is 2.39.